The predicted octanol–water partition coefficient (Wildman–Crippen LogP) is 0.365. The molecule has 0 amide bonds. The zero-order valence-corrected chi connectivity index (χ0v) is 11.7. The second kappa shape index (κ2) is 6.32. The molecular formula is C14H22N2O3. The Morgan fingerprint density at radius 1 is 1.47 bits per heavy atom. The molecule has 106 valence electrons. The maximum atomic E-state index is 12.3. The normalized spacial score (nSPS) is 15.5. The topological polar surface area (TPSA) is 54.7 Å². The van der Waals surface area contributed by atoms with Gasteiger partial charge in [0.05, 0.1) is 6.61 Å². The minimum Gasteiger partial charge on any atom is -0.391 e. The fourth-order valence-corrected chi connectivity index (χ4v) is 2.64. The molecule has 5 nitrogen and oxygen atoms in total. The van der Waals surface area contributed by atoms with Gasteiger partial charge in [0.2, 0.25) is 0 Å². The molecule has 1 aromatic rings. The molecule has 2 rings (SSSR count). The molecule has 0 atom stereocenters. The Labute approximate surface area is 113 Å². The molecule has 0 spiro atoms. The first-order chi connectivity index (χ1) is 9.17. The fourth-order valence-electron chi connectivity index (χ4n) is 2.64. The summed E-state index contributed by atoms with van der Waals surface area (Å²) >= 11 is 0. The molecule has 0 saturated heterocycles. The number of hydrogen-bond donors (Lipinski definition) is 1. The van der Waals surface area contributed by atoms with Crippen molar-refractivity contribution in [2.45, 2.75) is 32.5 Å². The first kappa shape index (κ1) is 14.2. The van der Waals surface area contributed by atoms with Crippen molar-refractivity contribution in [2.75, 3.05) is 27.3 Å². The number of aliphatic hydroxyl groups excluding tert-OH is 1. The van der Waals surface area contributed by atoms with E-state index in [-0.39, 0.29) is 12.2 Å². The van der Waals surface area contributed by atoms with Crippen LogP contribution >= 0.6 is 0 Å². The van der Waals surface area contributed by atoms with Crippen LogP contribution in [0.5, 0.6) is 0 Å². The summed E-state index contributed by atoms with van der Waals surface area (Å²) in [6.07, 6.45) is 1.70. The number of likely N-dealkylation sites (N-methyl/N-ethyl adjacent to an activating group) is 1. The molecule has 5 heteroatoms. The summed E-state index contributed by atoms with van der Waals surface area (Å²) in [5.74, 6) is 0. The van der Waals surface area contributed by atoms with Gasteiger partial charge in [0.15, 0.2) is 0 Å². The SMILES string of the molecule is COCCCn1c2c(cc(CO)c1=O)CN(C)CC2. The first-order valence-electron chi connectivity index (χ1n) is 6.70. The molecule has 1 aliphatic heterocycles. The number of fused-ring (bicyclic) bond motifs is 1. The lowest BCUT2D eigenvalue weighted by atomic mass is 10.0. The summed E-state index contributed by atoms with van der Waals surface area (Å²) in [6.45, 7) is 2.92. The van der Waals surface area contributed by atoms with E-state index in [0.29, 0.717) is 18.7 Å². The van der Waals surface area contributed by atoms with E-state index in [0.717, 1.165) is 37.2 Å². The lowest BCUT2D eigenvalue weighted by Crippen LogP contribution is -2.35. The molecule has 0 aliphatic carbocycles. The number of aromatic nitrogens is 1. The number of methoxy groups -OCH3 is 1. The monoisotopic (exact) mass is 266 g/mol. The Kier molecular flexibility index (Phi) is 4.74. The van der Waals surface area contributed by atoms with E-state index in [4.69, 9.17) is 4.74 Å². The Morgan fingerprint density at radius 2 is 2.26 bits per heavy atom. The van der Waals surface area contributed by atoms with E-state index >= 15 is 0 Å². The van der Waals surface area contributed by atoms with E-state index in [1.54, 1.807) is 7.11 Å². The Morgan fingerprint density at radius 3 is 2.95 bits per heavy atom. The molecule has 1 aliphatic rings. The quantitative estimate of drug-likeness (QED) is 0.782. The van der Waals surface area contributed by atoms with Gasteiger partial charge < -0.3 is 19.3 Å². The second-order valence-electron chi connectivity index (χ2n) is 5.09. The fraction of sp³-hybridized carbons (Fsp3) is 0.643. The summed E-state index contributed by atoms with van der Waals surface area (Å²) in [5.41, 5.74) is 2.72. The van der Waals surface area contributed by atoms with Crippen LogP contribution in [0.1, 0.15) is 23.2 Å². The Balaban J connectivity index is 2.38. The number of ether oxygens (including phenoxy) is 1. The van der Waals surface area contributed by atoms with Crippen LogP contribution in [0.25, 0.3) is 0 Å². The number of rotatable bonds is 5. The molecule has 0 saturated carbocycles. The van der Waals surface area contributed by atoms with Crippen LogP contribution in [0.15, 0.2) is 10.9 Å². The summed E-state index contributed by atoms with van der Waals surface area (Å²) in [7, 11) is 3.74. The molecule has 2 heterocycles. The highest BCUT2D eigenvalue weighted by atomic mass is 16.5. The number of nitrogens with zero attached hydrogens (tertiary/aromatic N) is 2. The van der Waals surface area contributed by atoms with Crippen LogP contribution in [0.4, 0.5) is 0 Å². The van der Waals surface area contributed by atoms with Gasteiger partial charge in [-0.1, -0.05) is 0 Å². The average molecular weight is 266 g/mol. The smallest absolute Gasteiger partial charge is 0.256 e. The third-order valence-electron chi connectivity index (χ3n) is 3.64. The number of hydrogen-bond acceptors (Lipinski definition) is 4. The summed E-state index contributed by atoms with van der Waals surface area (Å²) in [5, 5.41) is 9.33. The molecule has 0 fully saturated rings. The van der Waals surface area contributed by atoms with Crippen LogP contribution in [-0.4, -0.2) is 41.9 Å². The van der Waals surface area contributed by atoms with Gasteiger partial charge >= 0.3 is 0 Å². The minimum atomic E-state index is -0.194. The molecule has 0 aromatic carbocycles. The summed E-state index contributed by atoms with van der Waals surface area (Å²) in [4.78, 5) is 14.5. The van der Waals surface area contributed by atoms with Crippen LogP contribution < -0.4 is 5.56 Å². The maximum Gasteiger partial charge on any atom is 0.256 e. The van der Waals surface area contributed by atoms with Crippen molar-refractivity contribution < 1.29 is 9.84 Å². The van der Waals surface area contributed by atoms with Gasteiger partial charge in [0, 0.05) is 51.0 Å². The van der Waals surface area contributed by atoms with Crippen molar-refractivity contribution in [3.8, 4) is 0 Å². The third kappa shape index (κ3) is 3.05. The van der Waals surface area contributed by atoms with Gasteiger partial charge in [-0.3, -0.25) is 4.79 Å². The highest BCUT2D eigenvalue weighted by Gasteiger charge is 2.19. The van der Waals surface area contributed by atoms with E-state index in [2.05, 4.69) is 11.9 Å². The molecule has 19 heavy (non-hydrogen) atoms. The van der Waals surface area contributed by atoms with E-state index < -0.39 is 0 Å². The highest BCUT2D eigenvalue weighted by molar-refractivity contribution is 5.28. The molecule has 1 N–H and O–H groups in total. The van der Waals surface area contributed by atoms with E-state index in [1.807, 2.05) is 10.6 Å². The highest BCUT2D eigenvalue weighted by Crippen LogP contribution is 2.18. The van der Waals surface area contributed by atoms with Crippen molar-refractivity contribution in [1.29, 1.82) is 0 Å². The second-order valence-corrected chi connectivity index (χ2v) is 5.09. The van der Waals surface area contributed by atoms with Crippen LogP contribution in [0, 0.1) is 0 Å². The molecular weight excluding hydrogens is 244 g/mol. The van der Waals surface area contributed by atoms with Crippen LogP contribution in [0.3, 0.4) is 0 Å². The Hall–Kier alpha value is -1.17. The van der Waals surface area contributed by atoms with Crippen LogP contribution in [0.2, 0.25) is 0 Å². The van der Waals surface area contributed by atoms with Gasteiger partial charge in [-0.2, -0.15) is 0 Å². The third-order valence-corrected chi connectivity index (χ3v) is 3.64. The predicted molar refractivity (Wildman–Crippen MR) is 73.2 cm³/mol. The average Bonchev–Trinajstić information content (AvgIpc) is 2.41. The number of pyridine rings is 1. The summed E-state index contributed by atoms with van der Waals surface area (Å²) < 4.78 is 6.87. The maximum absolute atomic E-state index is 12.3. The van der Waals surface area contributed by atoms with Gasteiger partial charge in [0.1, 0.15) is 0 Å². The lowest BCUT2D eigenvalue weighted by Gasteiger charge is -2.28. The van der Waals surface area contributed by atoms with Gasteiger partial charge in [-0.05, 0) is 25.1 Å². The minimum absolute atomic E-state index is 0.0538. The first-order valence-corrected chi connectivity index (χ1v) is 6.70. The van der Waals surface area contributed by atoms with Crippen molar-refractivity contribution in [1.82, 2.24) is 9.47 Å². The van der Waals surface area contributed by atoms with Gasteiger partial charge in [-0.15, -0.1) is 0 Å². The van der Waals surface area contributed by atoms with Crippen molar-refractivity contribution in [3.63, 3.8) is 0 Å². The molecule has 0 unspecified atom stereocenters. The zero-order chi connectivity index (χ0) is 13.8. The van der Waals surface area contributed by atoms with Gasteiger partial charge in [-0.25, -0.2) is 0 Å². The Bertz CT molecular complexity index is 496. The standard InChI is InChI=1S/C14H22N2O3/c1-15-6-4-13-11(9-15)8-12(10-17)14(18)16(13)5-3-7-19-2/h8,17H,3-7,9-10H2,1-2H3. The zero-order valence-electron chi connectivity index (χ0n) is 11.7. The molecule has 0 bridgehead atoms. The van der Waals surface area contributed by atoms with Crippen molar-refractivity contribution in [3.05, 3.63) is 33.2 Å². The van der Waals surface area contributed by atoms with Crippen LogP contribution in [-0.2, 0) is 30.9 Å². The summed E-state index contributed by atoms with van der Waals surface area (Å²) in [6, 6.07) is 1.86. The molecule has 0 radical (unpaired) electrons. The van der Waals surface area contributed by atoms with E-state index in [1.165, 1.54) is 0 Å². The van der Waals surface area contributed by atoms with Crippen molar-refractivity contribution in [2.24, 2.45) is 0 Å². The number of aliphatic hydroxyl groups is 1. The molecule has 1 aromatic heterocycles. The lowest BCUT2D eigenvalue weighted by molar-refractivity contribution is 0.189. The van der Waals surface area contributed by atoms with E-state index in [9.17, 15) is 9.90 Å². The largest absolute Gasteiger partial charge is 0.391 e. The van der Waals surface area contributed by atoms with Gasteiger partial charge in [0.25, 0.3) is 5.56 Å². The van der Waals surface area contributed by atoms with Crippen molar-refractivity contribution >= 4 is 0 Å².